The molecule has 0 bridgehead atoms. The Morgan fingerprint density at radius 3 is 3.00 bits per heavy atom. The molecule has 0 unspecified atom stereocenters. The van der Waals surface area contributed by atoms with Crippen LogP contribution in [0.25, 0.3) is 0 Å². The van der Waals surface area contributed by atoms with Gasteiger partial charge < -0.3 is 10.1 Å². The summed E-state index contributed by atoms with van der Waals surface area (Å²) in [5.74, 6) is 2.38. The van der Waals surface area contributed by atoms with Gasteiger partial charge in [-0.1, -0.05) is 0 Å². The zero-order valence-electron chi connectivity index (χ0n) is 5.31. The molecule has 0 saturated carbocycles. The minimum Gasteiger partial charge on any atom is -0.453 e. The van der Waals surface area contributed by atoms with Crippen molar-refractivity contribution in [3.63, 3.8) is 0 Å². The number of rotatable bonds is 2. The van der Waals surface area contributed by atoms with Crippen LogP contribution in [0.2, 0.25) is 0 Å². The highest BCUT2D eigenvalue weighted by Crippen LogP contribution is 1.73. The molecule has 0 saturated heterocycles. The number of carbonyl (C=O) groups is 1. The predicted molar refractivity (Wildman–Crippen MR) is 33.9 cm³/mol. The molecular weight excluding hydrogens is 118 g/mol. The van der Waals surface area contributed by atoms with Crippen LogP contribution in [0.3, 0.4) is 0 Å². The average molecular weight is 127 g/mol. The molecular formula is C6H9NO2. The summed E-state index contributed by atoms with van der Waals surface area (Å²) in [6.07, 6.45) is 5.01. The third kappa shape index (κ3) is 4.69. The summed E-state index contributed by atoms with van der Waals surface area (Å²) in [6, 6.07) is 0. The Kier molecular flexibility index (Phi) is 4.33. The average Bonchev–Trinajstić information content (AvgIpc) is 1.89. The van der Waals surface area contributed by atoms with E-state index in [-0.39, 0.29) is 0 Å². The molecule has 0 aliphatic heterocycles. The van der Waals surface area contributed by atoms with Crippen LogP contribution in [0, 0.1) is 12.3 Å². The number of nitrogens with one attached hydrogen (secondary N) is 1. The zero-order chi connectivity index (χ0) is 7.11. The summed E-state index contributed by atoms with van der Waals surface area (Å²) in [5, 5.41) is 2.43. The van der Waals surface area contributed by atoms with E-state index in [0.29, 0.717) is 13.0 Å². The topological polar surface area (TPSA) is 38.3 Å². The smallest absolute Gasteiger partial charge is 0.406 e. The lowest BCUT2D eigenvalue weighted by atomic mass is 10.4. The van der Waals surface area contributed by atoms with E-state index in [0.717, 1.165) is 0 Å². The Bertz CT molecular complexity index is 126. The number of terminal acetylenes is 1. The molecule has 50 valence electrons. The van der Waals surface area contributed by atoms with Gasteiger partial charge >= 0.3 is 6.09 Å². The molecule has 0 aliphatic rings. The van der Waals surface area contributed by atoms with Crippen LogP contribution in [0.4, 0.5) is 4.79 Å². The van der Waals surface area contributed by atoms with Gasteiger partial charge in [-0.3, -0.25) is 0 Å². The maximum Gasteiger partial charge on any atom is 0.406 e. The normalized spacial score (nSPS) is 7.56. The summed E-state index contributed by atoms with van der Waals surface area (Å²) in [6.45, 7) is 0.475. The Morgan fingerprint density at radius 2 is 2.56 bits per heavy atom. The van der Waals surface area contributed by atoms with Crippen molar-refractivity contribution in [3.8, 4) is 12.3 Å². The molecule has 0 rings (SSSR count). The van der Waals surface area contributed by atoms with Crippen LogP contribution >= 0.6 is 0 Å². The van der Waals surface area contributed by atoms with Gasteiger partial charge in [-0.05, 0) is 0 Å². The van der Waals surface area contributed by atoms with Gasteiger partial charge in [0.25, 0.3) is 0 Å². The van der Waals surface area contributed by atoms with E-state index in [4.69, 9.17) is 6.42 Å². The van der Waals surface area contributed by atoms with Gasteiger partial charge in [-0.25, -0.2) is 4.79 Å². The summed E-state index contributed by atoms with van der Waals surface area (Å²) in [7, 11) is 1.31. The highest BCUT2D eigenvalue weighted by Gasteiger charge is 1.92. The van der Waals surface area contributed by atoms with E-state index < -0.39 is 6.09 Å². The van der Waals surface area contributed by atoms with Crippen molar-refractivity contribution in [1.82, 2.24) is 5.32 Å². The molecule has 0 radical (unpaired) electrons. The number of amides is 1. The van der Waals surface area contributed by atoms with E-state index in [9.17, 15) is 4.79 Å². The minimum atomic E-state index is -0.440. The van der Waals surface area contributed by atoms with Gasteiger partial charge in [0, 0.05) is 13.0 Å². The molecule has 9 heavy (non-hydrogen) atoms. The standard InChI is InChI=1S/C6H9NO2/c1-3-4-5-7-6(8)9-2/h1H,4-5H2,2H3,(H,7,8). The molecule has 1 N–H and O–H groups in total. The van der Waals surface area contributed by atoms with Crippen LogP contribution in [0.15, 0.2) is 0 Å². The van der Waals surface area contributed by atoms with Gasteiger partial charge in [0.05, 0.1) is 7.11 Å². The second-order valence-electron chi connectivity index (χ2n) is 1.37. The number of carbonyl (C=O) groups excluding carboxylic acids is 1. The van der Waals surface area contributed by atoms with Crippen molar-refractivity contribution in [2.45, 2.75) is 6.42 Å². The zero-order valence-corrected chi connectivity index (χ0v) is 5.31. The number of methoxy groups -OCH3 is 1. The number of alkyl carbamates (subject to hydrolysis) is 1. The Morgan fingerprint density at radius 1 is 1.89 bits per heavy atom. The first-order valence-electron chi connectivity index (χ1n) is 2.56. The van der Waals surface area contributed by atoms with Gasteiger partial charge in [-0.2, -0.15) is 0 Å². The highest BCUT2D eigenvalue weighted by molar-refractivity contribution is 5.66. The molecule has 0 fully saturated rings. The van der Waals surface area contributed by atoms with E-state index >= 15 is 0 Å². The van der Waals surface area contributed by atoms with Crippen molar-refractivity contribution < 1.29 is 9.53 Å². The van der Waals surface area contributed by atoms with Crippen molar-refractivity contribution in [2.24, 2.45) is 0 Å². The lowest BCUT2D eigenvalue weighted by Gasteiger charge is -1.97. The summed E-state index contributed by atoms with van der Waals surface area (Å²) in [4.78, 5) is 10.3. The second kappa shape index (κ2) is 4.98. The van der Waals surface area contributed by atoms with Crippen molar-refractivity contribution in [2.75, 3.05) is 13.7 Å². The number of hydrogen-bond acceptors (Lipinski definition) is 2. The summed E-state index contributed by atoms with van der Waals surface area (Å²) < 4.78 is 4.28. The first-order valence-corrected chi connectivity index (χ1v) is 2.56. The van der Waals surface area contributed by atoms with Gasteiger partial charge in [0.2, 0.25) is 0 Å². The van der Waals surface area contributed by atoms with E-state index in [1.165, 1.54) is 7.11 Å². The lowest BCUT2D eigenvalue weighted by molar-refractivity contribution is 0.171. The fourth-order valence-electron chi connectivity index (χ4n) is 0.309. The Hall–Kier alpha value is -1.17. The largest absolute Gasteiger partial charge is 0.453 e. The summed E-state index contributed by atoms with van der Waals surface area (Å²) in [5.41, 5.74) is 0. The van der Waals surface area contributed by atoms with Gasteiger partial charge in [-0.15, -0.1) is 12.3 Å². The Labute approximate surface area is 54.4 Å². The highest BCUT2D eigenvalue weighted by atomic mass is 16.5. The van der Waals surface area contributed by atoms with Crippen LogP contribution in [-0.4, -0.2) is 19.7 Å². The molecule has 0 aliphatic carbocycles. The third-order valence-electron chi connectivity index (χ3n) is 0.724. The third-order valence-corrected chi connectivity index (χ3v) is 0.724. The van der Waals surface area contributed by atoms with Crippen molar-refractivity contribution >= 4 is 6.09 Å². The van der Waals surface area contributed by atoms with Gasteiger partial charge in [0.15, 0.2) is 0 Å². The first-order chi connectivity index (χ1) is 4.31. The fraction of sp³-hybridized carbons (Fsp3) is 0.500. The summed E-state index contributed by atoms with van der Waals surface area (Å²) >= 11 is 0. The van der Waals surface area contributed by atoms with E-state index in [1.807, 2.05) is 0 Å². The maximum atomic E-state index is 10.3. The molecule has 3 nitrogen and oxygen atoms in total. The SMILES string of the molecule is C#CCCNC(=O)OC. The first kappa shape index (κ1) is 7.83. The second-order valence-corrected chi connectivity index (χ2v) is 1.37. The molecule has 0 aromatic carbocycles. The van der Waals surface area contributed by atoms with Crippen LogP contribution in [-0.2, 0) is 4.74 Å². The molecule has 0 spiro atoms. The number of hydrogen-bond donors (Lipinski definition) is 1. The molecule has 0 atom stereocenters. The Balaban J connectivity index is 3.09. The van der Waals surface area contributed by atoms with E-state index in [2.05, 4.69) is 16.0 Å². The van der Waals surface area contributed by atoms with E-state index in [1.54, 1.807) is 0 Å². The van der Waals surface area contributed by atoms with Crippen LogP contribution < -0.4 is 5.32 Å². The minimum absolute atomic E-state index is 0.440. The molecule has 0 heterocycles. The quantitative estimate of drug-likeness (QED) is 0.430. The molecule has 1 amide bonds. The molecule has 0 aromatic rings. The van der Waals surface area contributed by atoms with Crippen LogP contribution in [0.5, 0.6) is 0 Å². The van der Waals surface area contributed by atoms with Crippen molar-refractivity contribution in [3.05, 3.63) is 0 Å². The van der Waals surface area contributed by atoms with Crippen molar-refractivity contribution in [1.29, 1.82) is 0 Å². The molecule has 0 aromatic heterocycles. The lowest BCUT2D eigenvalue weighted by Crippen LogP contribution is -2.23. The number of ether oxygens (including phenoxy) is 1. The van der Waals surface area contributed by atoms with Gasteiger partial charge in [0.1, 0.15) is 0 Å². The van der Waals surface area contributed by atoms with Crippen LogP contribution in [0.1, 0.15) is 6.42 Å². The predicted octanol–water partition coefficient (Wildman–Crippen LogP) is 0.366. The monoisotopic (exact) mass is 127 g/mol. The maximum absolute atomic E-state index is 10.3. The fourth-order valence-corrected chi connectivity index (χ4v) is 0.309. The molecule has 3 heteroatoms.